The third-order valence-electron chi connectivity index (χ3n) is 2.94. The molecule has 1 aliphatic heterocycles. The van der Waals surface area contributed by atoms with Gasteiger partial charge in [0.1, 0.15) is 4.21 Å². The Hall–Kier alpha value is 0.0500. The Balaban J connectivity index is 2.21. The average Bonchev–Trinajstić information content (AvgIpc) is 2.76. The zero-order valence-electron chi connectivity index (χ0n) is 9.52. The maximum atomic E-state index is 12.3. The molecule has 0 bridgehead atoms. The summed E-state index contributed by atoms with van der Waals surface area (Å²) in [4.78, 5) is 0. The third kappa shape index (κ3) is 2.90. The summed E-state index contributed by atoms with van der Waals surface area (Å²) in [5.41, 5.74) is 0. The number of nitrogens with zero attached hydrogens (tertiary/aromatic N) is 1. The summed E-state index contributed by atoms with van der Waals surface area (Å²) in [5.74, 6) is 0. The van der Waals surface area contributed by atoms with Crippen molar-refractivity contribution in [3.8, 4) is 0 Å². The van der Waals surface area contributed by atoms with Gasteiger partial charge in [-0.05, 0) is 48.0 Å². The van der Waals surface area contributed by atoms with Crippen molar-refractivity contribution in [3.63, 3.8) is 0 Å². The van der Waals surface area contributed by atoms with E-state index >= 15 is 0 Å². The lowest BCUT2D eigenvalue weighted by molar-refractivity contribution is 0.293. The molecular weight excluding hydrogens is 324 g/mol. The minimum atomic E-state index is -3.30. The molecule has 1 saturated heterocycles. The second-order valence-corrected chi connectivity index (χ2v) is 8.68. The summed E-state index contributed by atoms with van der Waals surface area (Å²) in [7, 11) is -1.42. The van der Waals surface area contributed by atoms with Gasteiger partial charge in [0.2, 0.25) is 0 Å². The summed E-state index contributed by atoms with van der Waals surface area (Å²) in [6, 6.07) is 3.70. The number of likely N-dealkylation sites (N-methyl/N-ethyl adjacent to an activating group) is 1. The van der Waals surface area contributed by atoms with E-state index in [9.17, 15) is 8.42 Å². The van der Waals surface area contributed by atoms with Gasteiger partial charge >= 0.3 is 0 Å². The van der Waals surface area contributed by atoms with Crippen molar-refractivity contribution < 1.29 is 8.42 Å². The Labute approximate surface area is 114 Å². The monoisotopic (exact) mass is 338 g/mol. The van der Waals surface area contributed by atoms with Crippen molar-refractivity contribution >= 4 is 37.3 Å². The lowest BCUT2D eigenvalue weighted by Gasteiger charge is -2.31. The van der Waals surface area contributed by atoms with Gasteiger partial charge in [-0.3, -0.25) is 0 Å². The smallest absolute Gasteiger partial charge is 0.252 e. The van der Waals surface area contributed by atoms with E-state index in [1.54, 1.807) is 16.4 Å². The topological polar surface area (TPSA) is 49.4 Å². The summed E-state index contributed by atoms with van der Waals surface area (Å²) in [6.07, 6.45) is 1.95. The number of sulfonamides is 1. The first-order valence-electron chi connectivity index (χ1n) is 5.47. The van der Waals surface area contributed by atoms with E-state index in [0.717, 1.165) is 16.6 Å². The fourth-order valence-corrected chi connectivity index (χ4v) is 5.65. The predicted molar refractivity (Wildman–Crippen MR) is 72.9 cm³/mol. The minimum Gasteiger partial charge on any atom is -0.316 e. The number of halogens is 1. The first-order chi connectivity index (χ1) is 8.04. The van der Waals surface area contributed by atoms with Crippen LogP contribution in [0.5, 0.6) is 0 Å². The van der Waals surface area contributed by atoms with Crippen molar-refractivity contribution in [2.45, 2.75) is 23.1 Å². The molecule has 1 atom stereocenters. The highest BCUT2D eigenvalue weighted by molar-refractivity contribution is 9.11. The molecule has 0 amide bonds. The van der Waals surface area contributed by atoms with Crippen LogP contribution in [0.15, 0.2) is 20.1 Å². The summed E-state index contributed by atoms with van der Waals surface area (Å²) in [5, 5.41) is 3.15. The Morgan fingerprint density at radius 1 is 1.53 bits per heavy atom. The van der Waals surface area contributed by atoms with Crippen LogP contribution in [0.1, 0.15) is 12.8 Å². The molecule has 0 aliphatic carbocycles. The number of hydrogen-bond donors (Lipinski definition) is 1. The van der Waals surface area contributed by atoms with Gasteiger partial charge in [0.25, 0.3) is 10.0 Å². The van der Waals surface area contributed by atoms with Crippen molar-refractivity contribution in [2.24, 2.45) is 0 Å². The normalized spacial score (nSPS) is 22.8. The first-order valence-corrected chi connectivity index (χ1v) is 8.52. The van der Waals surface area contributed by atoms with E-state index in [1.165, 1.54) is 11.3 Å². The highest BCUT2D eigenvalue weighted by atomic mass is 79.9. The number of thiophene rings is 1. The van der Waals surface area contributed by atoms with Gasteiger partial charge in [0, 0.05) is 19.1 Å². The summed E-state index contributed by atoms with van der Waals surface area (Å²) >= 11 is 4.56. The maximum Gasteiger partial charge on any atom is 0.252 e. The average molecular weight is 339 g/mol. The van der Waals surface area contributed by atoms with Crippen molar-refractivity contribution in [1.29, 1.82) is 0 Å². The predicted octanol–water partition coefficient (Wildman–Crippen LogP) is 1.88. The van der Waals surface area contributed by atoms with Crippen LogP contribution >= 0.6 is 27.3 Å². The fourth-order valence-electron chi connectivity index (χ4n) is 1.96. The molecule has 17 heavy (non-hydrogen) atoms. The van der Waals surface area contributed by atoms with Crippen LogP contribution in [0.3, 0.4) is 0 Å². The number of hydrogen-bond acceptors (Lipinski definition) is 4. The van der Waals surface area contributed by atoms with Crippen molar-refractivity contribution in [3.05, 3.63) is 15.9 Å². The number of rotatable bonds is 3. The molecule has 4 nitrogen and oxygen atoms in total. The Kier molecular flexibility index (Phi) is 4.25. The molecule has 1 aromatic rings. The van der Waals surface area contributed by atoms with Gasteiger partial charge in [-0.1, -0.05) is 0 Å². The van der Waals surface area contributed by atoms with E-state index in [1.807, 2.05) is 7.05 Å². The third-order valence-corrected chi connectivity index (χ3v) is 6.89. The SMILES string of the molecule is CN[C@H]1CCCN(S(=O)(=O)c2ccc(Br)s2)C1. The zero-order chi connectivity index (χ0) is 12.5. The molecule has 1 fully saturated rings. The number of nitrogens with one attached hydrogen (secondary N) is 1. The molecular formula is C10H15BrN2O2S2. The quantitative estimate of drug-likeness (QED) is 0.915. The zero-order valence-corrected chi connectivity index (χ0v) is 12.7. The van der Waals surface area contributed by atoms with E-state index in [4.69, 9.17) is 0 Å². The molecule has 0 saturated carbocycles. The summed E-state index contributed by atoms with van der Waals surface area (Å²) in [6.45, 7) is 1.18. The van der Waals surface area contributed by atoms with Crippen LogP contribution in [-0.2, 0) is 10.0 Å². The second-order valence-electron chi connectivity index (χ2n) is 4.05. The molecule has 0 aromatic carbocycles. The van der Waals surface area contributed by atoms with Crippen molar-refractivity contribution in [2.75, 3.05) is 20.1 Å². The van der Waals surface area contributed by atoms with Gasteiger partial charge < -0.3 is 5.32 Å². The molecule has 1 aliphatic rings. The lowest BCUT2D eigenvalue weighted by atomic mass is 10.1. The van der Waals surface area contributed by atoms with E-state index in [0.29, 0.717) is 17.3 Å². The van der Waals surface area contributed by atoms with E-state index in [2.05, 4.69) is 21.2 Å². The summed E-state index contributed by atoms with van der Waals surface area (Å²) < 4.78 is 27.5. The molecule has 0 unspecified atom stereocenters. The molecule has 1 N–H and O–H groups in total. The van der Waals surface area contributed by atoms with Gasteiger partial charge in [0.15, 0.2) is 0 Å². The van der Waals surface area contributed by atoms with E-state index in [-0.39, 0.29) is 6.04 Å². The standard InChI is InChI=1S/C10H15BrN2O2S2/c1-12-8-3-2-6-13(7-8)17(14,15)10-5-4-9(11)16-10/h4-5,8,12H,2-3,6-7H2,1H3/t8-/m0/s1. The molecule has 7 heteroatoms. The molecule has 96 valence electrons. The van der Waals surface area contributed by atoms with Crippen LogP contribution in [-0.4, -0.2) is 38.9 Å². The van der Waals surface area contributed by atoms with Gasteiger partial charge in [-0.2, -0.15) is 4.31 Å². The van der Waals surface area contributed by atoms with Gasteiger partial charge in [-0.25, -0.2) is 8.42 Å². The molecule has 0 spiro atoms. The van der Waals surface area contributed by atoms with Crippen molar-refractivity contribution in [1.82, 2.24) is 9.62 Å². The Morgan fingerprint density at radius 3 is 2.88 bits per heavy atom. The minimum absolute atomic E-state index is 0.266. The highest BCUT2D eigenvalue weighted by Gasteiger charge is 2.30. The second kappa shape index (κ2) is 5.36. The van der Waals surface area contributed by atoms with Crippen LogP contribution < -0.4 is 5.32 Å². The first kappa shape index (κ1) is 13.5. The molecule has 2 heterocycles. The van der Waals surface area contributed by atoms with Crippen LogP contribution in [0, 0.1) is 0 Å². The largest absolute Gasteiger partial charge is 0.316 e. The van der Waals surface area contributed by atoms with Crippen LogP contribution in [0.25, 0.3) is 0 Å². The molecule has 1 aromatic heterocycles. The van der Waals surface area contributed by atoms with Gasteiger partial charge in [0.05, 0.1) is 3.79 Å². The molecule has 2 rings (SSSR count). The highest BCUT2D eigenvalue weighted by Crippen LogP contribution is 2.29. The van der Waals surface area contributed by atoms with Crippen LogP contribution in [0.4, 0.5) is 0 Å². The number of piperidine rings is 1. The Bertz CT molecular complexity index is 486. The lowest BCUT2D eigenvalue weighted by Crippen LogP contribution is -2.46. The maximum absolute atomic E-state index is 12.3. The van der Waals surface area contributed by atoms with E-state index < -0.39 is 10.0 Å². The van der Waals surface area contributed by atoms with Gasteiger partial charge in [-0.15, -0.1) is 11.3 Å². The Morgan fingerprint density at radius 2 is 2.29 bits per heavy atom. The molecule has 0 radical (unpaired) electrons. The fraction of sp³-hybridized carbons (Fsp3) is 0.600. The van der Waals surface area contributed by atoms with Crippen LogP contribution in [0.2, 0.25) is 0 Å².